The number of benzene rings is 1. The van der Waals surface area contributed by atoms with Crippen molar-refractivity contribution in [3.63, 3.8) is 0 Å². The normalized spacial score (nSPS) is 15.7. The minimum absolute atomic E-state index is 0.142. The molecule has 0 amide bonds. The summed E-state index contributed by atoms with van der Waals surface area (Å²) in [6.07, 6.45) is -0.566. The molecule has 114 valence electrons. The zero-order valence-electron chi connectivity index (χ0n) is 12.9. The lowest BCUT2D eigenvalue weighted by Crippen LogP contribution is -2.40. The summed E-state index contributed by atoms with van der Waals surface area (Å²) in [5.74, 6) is 0.959. The third-order valence-corrected chi connectivity index (χ3v) is 3.45. The van der Waals surface area contributed by atoms with Crippen LogP contribution in [0.5, 0.6) is 5.75 Å². The SMILES string of the molecule is Cc1cc(C)cc(OCC(O)CNC(C)C(C)CO)c1. The van der Waals surface area contributed by atoms with Crippen molar-refractivity contribution in [1.29, 1.82) is 0 Å². The maximum atomic E-state index is 9.90. The van der Waals surface area contributed by atoms with Crippen molar-refractivity contribution in [2.75, 3.05) is 19.8 Å². The zero-order valence-corrected chi connectivity index (χ0v) is 12.9. The Bertz CT molecular complexity index is 388. The molecule has 0 spiro atoms. The van der Waals surface area contributed by atoms with Crippen LogP contribution < -0.4 is 10.1 Å². The summed E-state index contributed by atoms with van der Waals surface area (Å²) in [5, 5.41) is 22.2. The van der Waals surface area contributed by atoms with Crippen LogP contribution in [0, 0.1) is 19.8 Å². The average molecular weight is 281 g/mol. The van der Waals surface area contributed by atoms with Crippen molar-refractivity contribution < 1.29 is 14.9 Å². The molecular weight excluding hydrogens is 254 g/mol. The Hall–Kier alpha value is -1.10. The van der Waals surface area contributed by atoms with E-state index in [1.54, 1.807) is 0 Å². The number of nitrogens with one attached hydrogen (secondary N) is 1. The summed E-state index contributed by atoms with van der Waals surface area (Å²) in [4.78, 5) is 0. The highest BCUT2D eigenvalue weighted by Crippen LogP contribution is 2.16. The van der Waals surface area contributed by atoms with Gasteiger partial charge in [-0.3, -0.25) is 0 Å². The van der Waals surface area contributed by atoms with Gasteiger partial charge >= 0.3 is 0 Å². The Morgan fingerprint density at radius 1 is 1.15 bits per heavy atom. The number of ether oxygens (including phenoxy) is 1. The molecule has 1 aromatic carbocycles. The molecule has 0 bridgehead atoms. The summed E-state index contributed by atoms with van der Waals surface area (Å²) >= 11 is 0. The fourth-order valence-electron chi connectivity index (χ4n) is 1.95. The van der Waals surface area contributed by atoms with Crippen LogP contribution in [-0.2, 0) is 0 Å². The molecule has 1 aromatic rings. The van der Waals surface area contributed by atoms with E-state index in [0.29, 0.717) is 6.54 Å². The summed E-state index contributed by atoms with van der Waals surface area (Å²) in [6.45, 7) is 8.87. The molecule has 0 fully saturated rings. The number of hydrogen-bond acceptors (Lipinski definition) is 4. The van der Waals surface area contributed by atoms with Gasteiger partial charge in [-0.1, -0.05) is 13.0 Å². The van der Waals surface area contributed by atoms with E-state index in [0.717, 1.165) is 16.9 Å². The molecule has 0 aliphatic rings. The molecule has 3 unspecified atom stereocenters. The predicted octanol–water partition coefficient (Wildman–Crippen LogP) is 1.65. The fraction of sp³-hybridized carbons (Fsp3) is 0.625. The largest absolute Gasteiger partial charge is 0.491 e. The van der Waals surface area contributed by atoms with Crippen LogP contribution in [0.15, 0.2) is 18.2 Å². The first-order valence-electron chi connectivity index (χ1n) is 7.15. The van der Waals surface area contributed by atoms with Crippen LogP contribution in [0.2, 0.25) is 0 Å². The van der Waals surface area contributed by atoms with Gasteiger partial charge in [0.1, 0.15) is 18.5 Å². The van der Waals surface area contributed by atoms with E-state index in [1.165, 1.54) is 0 Å². The van der Waals surface area contributed by atoms with Crippen molar-refractivity contribution in [2.45, 2.75) is 39.8 Å². The number of hydrogen-bond donors (Lipinski definition) is 3. The van der Waals surface area contributed by atoms with Gasteiger partial charge in [-0.05, 0) is 49.9 Å². The summed E-state index contributed by atoms with van der Waals surface area (Å²) in [5.41, 5.74) is 2.30. The highest BCUT2D eigenvalue weighted by Gasteiger charge is 2.13. The van der Waals surface area contributed by atoms with Gasteiger partial charge in [0.2, 0.25) is 0 Å². The molecule has 1 rings (SSSR count). The van der Waals surface area contributed by atoms with E-state index in [-0.39, 0.29) is 25.2 Å². The molecule has 0 radical (unpaired) electrons. The first-order valence-corrected chi connectivity index (χ1v) is 7.15. The topological polar surface area (TPSA) is 61.7 Å². The maximum Gasteiger partial charge on any atom is 0.119 e. The molecule has 4 heteroatoms. The van der Waals surface area contributed by atoms with Gasteiger partial charge in [-0.2, -0.15) is 0 Å². The third-order valence-electron chi connectivity index (χ3n) is 3.45. The molecule has 3 atom stereocenters. The summed E-state index contributed by atoms with van der Waals surface area (Å²) < 4.78 is 5.61. The van der Waals surface area contributed by atoms with Crippen LogP contribution in [0.25, 0.3) is 0 Å². The minimum Gasteiger partial charge on any atom is -0.491 e. The lowest BCUT2D eigenvalue weighted by Gasteiger charge is -2.21. The predicted molar refractivity (Wildman–Crippen MR) is 81.1 cm³/mol. The molecular formula is C16H27NO3. The quantitative estimate of drug-likeness (QED) is 0.678. The highest BCUT2D eigenvalue weighted by molar-refractivity contribution is 5.32. The number of rotatable bonds is 8. The lowest BCUT2D eigenvalue weighted by molar-refractivity contribution is 0.0992. The van der Waals surface area contributed by atoms with Gasteiger partial charge in [0, 0.05) is 19.2 Å². The Morgan fingerprint density at radius 2 is 1.75 bits per heavy atom. The standard InChI is InChI=1S/C16H27NO3/c1-11-5-12(2)7-16(6-11)20-10-15(19)8-17-14(4)13(3)9-18/h5-7,13-15,17-19H,8-10H2,1-4H3. The van der Waals surface area contributed by atoms with Crippen LogP contribution in [-0.4, -0.2) is 42.1 Å². The second-order valence-electron chi connectivity index (χ2n) is 5.65. The smallest absolute Gasteiger partial charge is 0.119 e. The van der Waals surface area contributed by atoms with E-state index >= 15 is 0 Å². The van der Waals surface area contributed by atoms with Crippen molar-refractivity contribution in [1.82, 2.24) is 5.32 Å². The molecule has 0 aliphatic heterocycles. The van der Waals surface area contributed by atoms with Gasteiger partial charge in [0.15, 0.2) is 0 Å². The van der Waals surface area contributed by atoms with Gasteiger partial charge < -0.3 is 20.3 Å². The Balaban J connectivity index is 2.34. The van der Waals surface area contributed by atoms with Crippen molar-refractivity contribution in [3.05, 3.63) is 29.3 Å². The van der Waals surface area contributed by atoms with E-state index in [1.807, 2.05) is 39.8 Å². The van der Waals surface area contributed by atoms with E-state index in [4.69, 9.17) is 9.84 Å². The molecule has 4 nitrogen and oxygen atoms in total. The first-order chi connectivity index (χ1) is 9.42. The van der Waals surface area contributed by atoms with Crippen molar-refractivity contribution in [2.24, 2.45) is 5.92 Å². The molecule has 0 saturated heterocycles. The Labute approximate surface area is 121 Å². The average Bonchev–Trinajstić information content (AvgIpc) is 2.40. The van der Waals surface area contributed by atoms with Crippen LogP contribution in [0.3, 0.4) is 0 Å². The molecule has 20 heavy (non-hydrogen) atoms. The highest BCUT2D eigenvalue weighted by atomic mass is 16.5. The number of aliphatic hydroxyl groups is 2. The monoisotopic (exact) mass is 281 g/mol. The fourth-order valence-corrected chi connectivity index (χ4v) is 1.95. The van der Waals surface area contributed by atoms with Crippen LogP contribution in [0.1, 0.15) is 25.0 Å². The van der Waals surface area contributed by atoms with Gasteiger partial charge in [-0.25, -0.2) is 0 Å². The molecule has 0 saturated carbocycles. The van der Waals surface area contributed by atoms with E-state index < -0.39 is 6.10 Å². The molecule has 3 N–H and O–H groups in total. The number of aliphatic hydroxyl groups excluding tert-OH is 2. The second kappa shape index (κ2) is 8.25. The zero-order chi connectivity index (χ0) is 15.1. The first kappa shape index (κ1) is 17.0. The summed E-state index contributed by atoms with van der Waals surface area (Å²) in [7, 11) is 0. The summed E-state index contributed by atoms with van der Waals surface area (Å²) in [6, 6.07) is 6.17. The van der Waals surface area contributed by atoms with Crippen molar-refractivity contribution in [3.8, 4) is 5.75 Å². The molecule has 0 heterocycles. The Morgan fingerprint density at radius 3 is 2.30 bits per heavy atom. The number of aryl methyl sites for hydroxylation is 2. The minimum atomic E-state index is -0.566. The van der Waals surface area contributed by atoms with E-state index in [9.17, 15) is 5.11 Å². The van der Waals surface area contributed by atoms with Crippen molar-refractivity contribution >= 4 is 0 Å². The van der Waals surface area contributed by atoms with Gasteiger partial charge in [0.25, 0.3) is 0 Å². The third kappa shape index (κ3) is 5.90. The van der Waals surface area contributed by atoms with Crippen LogP contribution >= 0.6 is 0 Å². The van der Waals surface area contributed by atoms with E-state index in [2.05, 4.69) is 11.4 Å². The lowest BCUT2D eigenvalue weighted by atomic mass is 10.1. The van der Waals surface area contributed by atoms with Gasteiger partial charge in [0.05, 0.1) is 0 Å². The maximum absolute atomic E-state index is 9.90. The second-order valence-corrected chi connectivity index (χ2v) is 5.65. The molecule has 0 aromatic heterocycles. The van der Waals surface area contributed by atoms with Gasteiger partial charge in [-0.15, -0.1) is 0 Å². The van der Waals surface area contributed by atoms with Crippen LogP contribution in [0.4, 0.5) is 0 Å². The molecule has 0 aliphatic carbocycles. The Kier molecular flexibility index (Phi) is 6.99.